The molecular formula is C21H24N2O2. The van der Waals surface area contributed by atoms with Gasteiger partial charge >= 0.3 is 6.09 Å². The molecule has 2 saturated heterocycles. The van der Waals surface area contributed by atoms with Gasteiger partial charge in [0.2, 0.25) is 0 Å². The van der Waals surface area contributed by atoms with Gasteiger partial charge in [0.15, 0.2) is 0 Å². The molecule has 2 aliphatic heterocycles. The zero-order valence-electron chi connectivity index (χ0n) is 14.5. The van der Waals surface area contributed by atoms with Crippen LogP contribution in [0.3, 0.4) is 0 Å². The predicted molar refractivity (Wildman–Crippen MR) is 97.3 cm³/mol. The van der Waals surface area contributed by atoms with Crippen LogP contribution in [0.4, 0.5) is 4.79 Å². The van der Waals surface area contributed by atoms with Crippen molar-refractivity contribution in [2.24, 2.45) is 11.8 Å². The number of aryl methyl sites for hydroxylation is 1. The first-order chi connectivity index (χ1) is 12.1. The van der Waals surface area contributed by atoms with Gasteiger partial charge in [0, 0.05) is 32.1 Å². The van der Waals surface area contributed by atoms with Crippen LogP contribution in [0.15, 0.2) is 54.6 Å². The molecule has 1 N–H and O–H groups in total. The Morgan fingerprint density at radius 1 is 1.04 bits per heavy atom. The topological polar surface area (TPSA) is 43.8 Å². The lowest BCUT2D eigenvalue weighted by molar-refractivity contribution is 0.128. The molecule has 2 aromatic carbocycles. The number of amides is 1. The summed E-state index contributed by atoms with van der Waals surface area (Å²) in [5.41, 5.74) is 3.67. The molecule has 0 radical (unpaired) electrons. The fourth-order valence-electron chi connectivity index (χ4n) is 4.62. The molecule has 2 aromatic rings. The molecule has 2 aliphatic rings. The first-order valence-electron chi connectivity index (χ1n) is 8.95. The van der Waals surface area contributed by atoms with Gasteiger partial charge in [0.1, 0.15) is 0 Å². The molecule has 0 saturated carbocycles. The quantitative estimate of drug-likeness (QED) is 0.928. The van der Waals surface area contributed by atoms with Crippen molar-refractivity contribution >= 4 is 6.09 Å². The smallest absolute Gasteiger partial charge is 0.407 e. The summed E-state index contributed by atoms with van der Waals surface area (Å²) in [5, 5.41) is 9.70. The van der Waals surface area contributed by atoms with Crippen molar-refractivity contribution in [3.63, 3.8) is 0 Å². The molecule has 4 heteroatoms. The highest BCUT2D eigenvalue weighted by molar-refractivity contribution is 5.66. The van der Waals surface area contributed by atoms with E-state index in [1.54, 1.807) is 4.90 Å². The molecule has 3 unspecified atom stereocenters. The number of rotatable bonds is 3. The summed E-state index contributed by atoms with van der Waals surface area (Å²) in [4.78, 5) is 16.0. The standard InChI is InChI=1S/C21H24N2O2/c1-15-7-5-6-10-18(15)20-19-14-22(11-16-8-3-2-4-9-16)12-17(19)13-23(20)21(24)25/h2-10,17,19-20H,11-14H2,1H3,(H,24,25). The molecule has 2 fully saturated rings. The van der Waals surface area contributed by atoms with Crippen LogP contribution in [0.2, 0.25) is 0 Å². The van der Waals surface area contributed by atoms with E-state index >= 15 is 0 Å². The van der Waals surface area contributed by atoms with Crippen LogP contribution in [0.5, 0.6) is 0 Å². The van der Waals surface area contributed by atoms with E-state index in [9.17, 15) is 9.90 Å². The summed E-state index contributed by atoms with van der Waals surface area (Å²) in [6.45, 7) is 5.61. The number of hydrogen-bond donors (Lipinski definition) is 1. The maximum Gasteiger partial charge on any atom is 0.407 e. The Morgan fingerprint density at radius 2 is 1.76 bits per heavy atom. The molecule has 0 spiro atoms. The van der Waals surface area contributed by atoms with E-state index in [0.717, 1.165) is 19.6 Å². The summed E-state index contributed by atoms with van der Waals surface area (Å²) in [6, 6.07) is 18.7. The summed E-state index contributed by atoms with van der Waals surface area (Å²) in [6.07, 6.45) is -0.794. The Labute approximate surface area is 148 Å². The van der Waals surface area contributed by atoms with Crippen molar-refractivity contribution in [3.05, 3.63) is 71.3 Å². The molecule has 0 aliphatic carbocycles. The zero-order valence-corrected chi connectivity index (χ0v) is 14.5. The summed E-state index contributed by atoms with van der Waals surface area (Å²) in [7, 11) is 0. The van der Waals surface area contributed by atoms with Gasteiger partial charge < -0.3 is 10.0 Å². The monoisotopic (exact) mass is 336 g/mol. The fraction of sp³-hybridized carbons (Fsp3) is 0.381. The van der Waals surface area contributed by atoms with E-state index in [0.29, 0.717) is 18.4 Å². The number of nitrogens with zero attached hydrogens (tertiary/aromatic N) is 2. The van der Waals surface area contributed by atoms with Crippen LogP contribution in [0.25, 0.3) is 0 Å². The Balaban J connectivity index is 1.57. The van der Waals surface area contributed by atoms with Gasteiger partial charge in [-0.2, -0.15) is 0 Å². The van der Waals surface area contributed by atoms with Crippen molar-refractivity contribution in [2.75, 3.05) is 19.6 Å². The number of carbonyl (C=O) groups is 1. The van der Waals surface area contributed by atoms with Crippen LogP contribution >= 0.6 is 0 Å². The maximum absolute atomic E-state index is 11.8. The fourth-order valence-corrected chi connectivity index (χ4v) is 4.62. The number of hydrogen-bond acceptors (Lipinski definition) is 2. The molecule has 4 nitrogen and oxygen atoms in total. The van der Waals surface area contributed by atoms with Gasteiger partial charge in [-0.15, -0.1) is 0 Å². The molecule has 25 heavy (non-hydrogen) atoms. The third-order valence-electron chi connectivity index (χ3n) is 5.74. The van der Waals surface area contributed by atoms with Gasteiger partial charge in [-0.05, 0) is 29.5 Å². The third-order valence-corrected chi connectivity index (χ3v) is 5.74. The Morgan fingerprint density at radius 3 is 2.48 bits per heavy atom. The molecule has 0 aromatic heterocycles. The molecule has 130 valence electrons. The SMILES string of the molecule is Cc1ccccc1C1C2CN(Cc3ccccc3)CC2CN1C(=O)O. The highest BCUT2D eigenvalue weighted by atomic mass is 16.4. The lowest BCUT2D eigenvalue weighted by atomic mass is 9.88. The largest absolute Gasteiger partial charge is 0.465 e. The average molecular weight is 336 g/mol. The first-order valence-corrected chi connectivity index (χ1v) is 8.95. The zero-order chi connectivity index (χ0) is 17.4. The van der Waals surface area contributed by atoms with E-state index in [4.69, 9.17) is 0 Å². The molecule has 0 bridgehead atoms. The minimum Gasteiger partial charge on any atom is -0.465 e. The lowest BCUT2D eigenvalue weighted by Crippen LogP contribution is -2.34. The van der Waals surface area contributed by atoms with E-state index in [2.05, 4.69) is 48.2 Å². The summed E-state index contributed by atoms with van der Waals surface area (Å²) < 4.78 is 0. The minimum absolute atomic E-state index is 0.0236. The number of benzene rings is 2. The van der Waals surface area contributed by atoms with Gasteiger partial charge in [-0.25, -0.2) is 4.79 Å². The normalized spacial score (nSPS) is 26.0. The second-order valence-electron chi connectivity index (χ2n) is 7.34. The van der Waals surface area contributed by atoms with Crippen LogP contribution in [-0.4, -0.2) is 40.6 Å². The second kappa shape index (κ2) is 6.52. The van der Waals surface area contributed by atoms with E-state index in [1.165, 1.54) is 16.7 Å². The average Bonchev–Trinajstić information content (AvgIpc) is 3.14. The Kier molecular flexibility index (Phi) is 4.22. The lowest BCUT2D eigenvalue weighted by Gasteiger charge is -2.29. The maximum atomic E-state index is 11.8. The number of fused-ring (bicyclic) bond motifs is 1. The Bertz CT molecular complexity index is 762. The molecule has 1 amide bonds. The van der Waals surface area contributed by atoms with Gasteiger partial charge in [0.05, 0.1) is 6.04 Å². The summed E-state index contributed by atoms with van der Waals surface area (Å²) >= 11 is 0. The van der Waals surface area contributed by atoms with Crippen molar-refractivity contribution < 1.29 is 9.90 Å². The van der Waals surface area contributed by atoms with Crippen molar-refractivity contribution in [1.29, 1.82) is 0 Å². The van der Waals surface area contributed by atoms with Gasteiger partial charge in [-0.3, -0.25) is 4.90 Å². The van der Waals surface area contributed by atoms with Crippen molar-refractivity contribution in [1.82, 2.24) is 9.80 Å². The number of carboxylic acid groups (broad SMARTS) is 1. The second-order valence-corrected chi connectivity index (χ2v) is 7.34. The van der Waals surface area contributed by atoms with E-state index in [1.807, 2.05) is 18.2 Å². The highest BCUT2D eigenvalue weighted by Gasteiger charge is 2.49. The van der Waals surface area contributed by atoms with Gasteiger partial charge in [-0.1, -0.05) is 54.6 Å². The van der Waals surface area contributed by atoms with Crippen molar-refractivity contribution in [2.45, 2.75) is 19.5 Å². The van der Waals surface area contributed by atoms with Gasteiger partial charge in [0.25, 0.3) is 0 Å². The summed E-state index contributed by atoms with van der Waals surface area (Å²) in [5.74, 6) is 0.797. The van der Waals surface area contributed by atoms with Crippen LogP contribution in [-0.2, 0) is 6.54 Å². The molecular weight excluding hydrogens is 312 g/mol. The highest BCUT2D eigenvalue weighted by Crippen LogP contribution is 2.45. The molecule has 4 rings (SSSR count). The predicted octanol–water partition coefficient (Wildman–Crippen LogP) is 3.78. The molecule has 3 atom stereocenters. The number of likely N-dealkylation sites (tertiary alicyclic amines) is 2. The van der Waals surface area contributed by atoms with Crippen LogP contribution in [0, 0.1) is 18.8 Å². The van der Waals surface area contributed by atoms with E-state index < -0.39 is 6.09 Å². The van der Waals surface area contributed by atoms with E-state index in [-0.39, 0.29) is 6.04 Å². The van der Waals surface area contributed by atoms with Crippen molar-refractivity contribution in [3.8, 4) is 0 Å². The van der Waals surface area contributed by atoms with Crippen LogP contribution in [0.1, 0.15) is 22.7 Å². The third kappa shape index (κ3) is 3.02. The van der Waals surface area contributed by atoms with Crippen LogP contribution < -0.4 is 0 Å². The molecule has 2 heterocycles. The Hall–Kier alpha value is -2.33. The first kappa shape index (κ1) is 16.2. The minimum atomic E-state index is -0.794.